The van der Waals surface area contributed by atoms with Gasteiger partial charge in [0.05, 0.1) is 37.0 Å². The molecule has 0 saturated carbocycles. The maximum Gasteiger partial charge on any atom is 0.328 e. The zero-order valence-corrected chi connectivity index (χ0v) is 20.8. The summed E-state index contributed by atoms with van der Waals surface area (Å²) in [6.07, 6.45) is 8.07. The van der Waals surface area contributed by atoms with E-state index >= 15 is 0 Å². The van der Waals surface area contributed by atoms with E-state index in [0.29, 0.717) is 40.6 Å². The molecule has 3 aromatic rings. The summed E-state index contributed by atoms with van der Waals surface area (Å²) in [5, 5.41) is 4.87. The van der Waals surface area contributed by atoms with Gasteiger partial charge in [0, 0.05) is 12.6 Å². The number of nitrogens with zero attached hydrogens (tertiary/aromatic N) is 5. The topological polar surface area (TPSA) is 101 Å². The summed E-state index contributed by atoms with van der Waals surface area (Å²) in [7, 11) is 1.61. The molecule has 1 saturated heterocycles. The minimum absolute atomic E-state index is 0.0161. The molecule has 4 rings (SSSR count). The molecule has 0 radical (unpaired) electrons. The average molecular weight is 484 g/mol. The van der Waals surface area contributed by atoms with E-state index in [1.807, 2.05) is 32.9 Å². The molecule has 3 heterocycles. The van der Waals surface area contributed by atoms with E-state index in [2.05, 4.69) is 20.0 Å². The van der Waals surface area contributed by atoms with Gasteiger partial charge in [-0.1, -0.05) is 0 Å². The Hall–Kier alpha value is -3.40. The molecule has 0 unspecified atom stereocenters. The number of ether oxygens (including phenoxy) is 4. The Labute approximate surface area is 205 Å². The van der Waals surface area contributed by atoms with Crippen LogP contribution >= 0.6 is 0 Å². The van der Waals surface area contributed by atoms with E-state index in [0.717, 1.165) is 13.0 Å². The smallest absolute Gasteiger partial charge is 0.328 e. The lowest BCUT2D eigenvalue weighted by Crippen LogP contribution is -2.26. The molecular weight excluding hydrogens is 450 g/mol. The molecule has 1 aromatic carbocycles. The van der Waals surface area contributed by atoms with E-state index in [-0.39, 0.29) is 12.5 Å². The van der Waals surface area contributed by atoms with Crippen LogP contribution in [0, 0.1) is 0 Å². The second-order valence-electron chi connectivity index (χ2n) is 9.51. The van der Waals surface area contributed by atoms with Gasteiger partial charge in [-0.3, -0.25) is 9.48 Å². The summed E-state index contributed by atoms with van der Waals surface area (Å²) < 4.78 is 24.4. The van der Waals surface area contributed by atoms with Crippen molar-refractivity contribution in [2.24, 2.45) is 0 Å². The third kappa shape index (κ3) is 6.82. The molecule has 1 aliphatic heterocycles. The van der Waals surface area contributed by atoms with Crippen LogP contribution in [-0.2, 0) is 16.1 Å². The van der Waals surface area contributed by atoms with Crippen molar-refractivity contribution in [1.29, 1.82) is 0 Å². The summed E-state index contributed by atoms with van der Waals surface area (Å²) in [5.41, 5.74) is 0.107. The van der Waals surface area contributed by atoms with E-state index in [4.69, 9.17) is 18.9 Å². The van der Waals surface area contributed by atoms with Crippen LogP contribution in [-0.4, -0.2) is 69.6 Å². The van der Waals surface area contributed by atoms with Crippen LogP contribution in [0.5, 0.6) is 23.1 Å². The molecule has 35 heavy (non-hydrogen) atoms. The Bertz CT molecular complexity index is 1150. The molecule has 0 aliphatic carbocycles. The number of fused-ring (bicyclic) bond motifs is 1. The Balaban J connectivity index is 1.45. The van der Waals surface area contributed by atoms with Crippen molar-refractivity contribution in [3.8, 4) is 23.1 Å². The summed E-state index contributed by atoms with van der Waals surface area (Å²) in [5.74, 6) is 1.64. The molecule has 0 amide bonds. The Morgan fingerprint density at radius 2 is 1.91 bits per heavy atom. The molecule has 188 valence electrons. The quantitative estimate of drug-likeness (QED) is 0.314. The van der Waals surface area contributed by atoms with Crippen LogP contribution in [0.15, 0.2) is 30.9 Å². The minimum atomic E-state index is -0.557. The Morgan fingerprint density at radius 1 is 1.11 bits per heavy atom. The lowest BCUT2D eigenvalue weighted by Gasteiger charge is -2.19. The van der Waals surface area contributed by atoms with Crippen LogP contribution < -0.4 is 14.2 Å². The number of esters is 1. The highest BCUT2D eigenvalue weighted by atomic mass is 16.6. The number of hydrogen-bond donors (Lipinski definition) is 0. The number of hydrogen-bond acceptors (Lipinski definition) is 9. The second-order valence-corrected chi connectivity index (χ2v) is 9.51. The van der Waals surface area contributed by atoms with Gasteiger partial charge in [0.2, 0.25) is 5.88 Å². The Kier molecular flexibility index (Phi) is 7.70. The summed E-state index contributed by atoms with van der Waals surface area (Å²) in [6.45, 7) is 9.41. The van der Waals surface area contributed by atoms with Crippen molar-refractivity contribution < 1.29 is 23.7 Å². The van der Waals surface area contributed by atoms with E-state index in [1.54, 1.807) is 13.3 Å². The van der Waals surface area contributed by atoms with E-state index < -0.39 is 5.60 Å². The highest BCUT2D eigenvalue weighted by Gasteiger charge is 2.18. The predicted octanol–water partition coefficient (Wildman–Crippen LogP) is 3.83. The van der Waals surface area contributed by atoms with Crippen LogP contribution in [0.4, 0.5) is 0 Å². The molecule has 0 atom stereocenters. The highest BCUT2D eigenvalue weighted by molar-refractivity contribution is 5.87. The molecule has 2 aromatic heterocycles. The molecule has 10 heteroatoms. The number of benzene rings is 1. The molecule has 1 aliphatic rings. The van der Waals surface area contributed by atoms with Crippen molar-refractivity contribution in [1.82, 2.24) is 24.6 Å². The third-order valence-corrected chi connectivity index (χ3v) is 5.49. The largest absolute Gasteiger partial charge is 0.493 e. The molecule has 1 fully saturated rings. The fourth-order valence-corrected chi connectivity index (χ4v) is 3.97. The van der Waals surface area contributed by atoms with Gasteiger partial charge in [-0.25, -0.2) is 9.97 Å². The second kappa shape index (κ2) is 10.9. The zero-order chi connectivity index (χ0) is 24.8. The van der Waals surface area contributed by atoms with Gasteiger partial charge in [0.25, 0.3) is 0 Å². The first kappa shape index (κ1) is 24.7. The number of carbonyl (C=O) groups is 1. The van der Waals surface area contributed by atoms with Crippen molar-refractivity contribution in [3.63, 3.8) is 0 Å². The van der Waals surface area contributed by atoms with Crippen molar-refractivity contribution in [3.05, 3.63) is 30.9 Å². The van der Waals surface area contributed by atoms with Gasteiger partial charge in [-0.05, 0) is 59.2 Å². The molecule has 0 N–H and O–H groups in total. The summed E-state index contributed by atoms with van der Waals surface area (Å²) in [6, 6.07) is 3.65. The number of likely N-dealkylation sites (tertiary alicyclic amines) is 1. The van der Waals surface area contributed by atoms with E-state index in [1.165, 1.54) is 43.1 Å². The SMILES string of the molecule is COc1cc2ncnc(Oc3cnn(CC(=O)OC(C)(C)C)c3)c2cc1OCCCN1CCCC1. The molecule has 0 bridgehead atoms. The standard InChI is InChI=1S/C25H33N5O5/c1-25(2,3)35-23(31)16-30-15-18(14-28-30)34-24-19-12-22(21(32-4)13-20(19)26-17-27-24)33-11-7-10-29-8-5-6-9-29/h12-15,17H,5-11,16H2,1-4H3. The first-order chi connectivity index (χ1) is 16.8. The number of carbonyl (C=O) groups excluding carboxylic acids is 1. The first-order valence-electron chi connectivity index (χ1n) is 11.9. The van der Waals surface area contributed by atoms with Crippen molar-refractivity contribution >= 4 is 16.9 Å². The van der Waals surface area contributed by atoms with Crippen molar-refractivity contribution in [2.75, 3.05) is 33.4 Å². The van der Waals surface area contributed by atoms with Gasteiger partial charge in [0.15, 0.2) is 17.2 Å². The molecule has 10 nitrogen and oxygen atoms in total. The Morgan fingerprint density at radius 3 is 2.66 bits per heavy atom. The van der Waals surface area contributed by atoms with Gasteiger partial charge >= 0.3 is 5.97 Å². The lowest BCUT2D eigenvalue weighted by atomic mass is 10.2. The minimum Gasteiger partial charge on any atom is -0.493 e. The molecule has 0 spiro atoms. The normalized spacial score (nSPS) is 14.3. The van der Waals surface area contributed by atoms with Gasteiger partial charge in [-0.15, -0.1) is 0 Å². The first-order valence-corrected chi connectivity index (χ1v) is 11.9. The van der Waals surface area contributed by atoms with Crippen LogP contribution in [0.1, 0.15) is 40.0 Å². The maximum atomic E-state index is 12.1. The van der Waals surface area contributed by atoms with Crippen LogP contribution in [0.3, 0.4) is 0 Å². The number of aromatic nitrogens is 4. The predicted molar refractivity (Wildman–Crippen MR) is 130 cm³/mol. The lowest BCUT2D eigenvalue weighted by molar-refractivity contribution is -0.155. The van der Waals surface area contributed by atoms with Crippen LogP contribution in [0.25, 0.3) is 10.9 Å². The van der Waals surface area contributed by atoms with Crippen molar-refractivity contribution in [2.45, 2.75) is 52.2 Å². The average Bonchev–Trinajstić information content (AvgIpc) is 3.47. The van der Waals surface area contributed by atoms with Gasteiger partial charge in [0.1, 0.15) is 18.5 Å². The summed E-state index contributed by atoms with van der Waals surface area (Å²) in [4.78, 5) is 23.2. The number of rotatable bonds is 10. The third-order valence-electron chi connectivity index (χ3n) is 5.49. The van der Waals surface area contributed by atoms with Gasteiger partial charge in [-0.2, -0.15) is 5.10 Å². The summed E-state index contributed by atoms with van der Waals surface area (Å²) >= 11 is 0. The highest BCUT2D eigenvalue weighted by Crippen LogP contribution is 2.36. The maximum absolute atomic E-state index is 12.1. The van der Waals surface area contributed by atoms with E-state index in [9.17, 15) is 4.79 Å². The molecular formula is C25H33N5O5. The fourth-order valence-electron chi connectivity index (χ4n) is 3.97. The monoisotopic (exact) mass is 483 g/mol. The van der Waals surface area contributed by atoms with Crippen LogP contribution in [0.2, 0.25) is 0 Å². The number of methoxy groups -OCH3 is 1. The zero-order valence-electron chi connectivity index (χ0n) is 20.8. The fraction of sp³-hybridized carbons (Fsp3) is 0.520. The van der Waals surface area contributed by atoms with Gasteiger partial charge < -0.3 is 23.8 Å².